The van der Waals surface area contributed by atoms with E-state index in [4.69, 9.17) is 4.74 Å². The zero-order chi connectivity index (χ0) is 13.1. The van der Waals surface area contributed by atoms with E-state index in [0.717, 1.165) is 26.2 Å². The van der Waals surface area contributed by atoms with Gasteiger partial charge in [0.25, 0.3) is 0 Å². The lowest BCUT2D eigenvalue weighted by atomic mass is 10.1. The van der Waals surface area contributed by atoms with E-state index >= 15 is 0 Å². The number of hydrogen-bond donors (Lipinski definition) is 1. The van der Waals surface area contributed by atoms with E-state index in [9.17, 15) is 0 Å². The molecule has 104 valence electrons. The van der Waals surface area contributed by atoms with Crippen molar-refractivity contribution in [2.45, 2.75) is 44.9 Å². The molecule has 0 amide bonds. The Morgan fingerprint density at radius 3 is 2.47 bits per heavy atom. The van der Waals surface area contributed by atoms with Crippen molar-refractivity contribution in [1.29, 1.82) is 0 Å². The Hall–Kier alpha value is -1.06. The van der Waals surface area contributed by atoms with Gasteiger partial charge in [-0.1, -0.05) is 19.1 Å². The van der Waals surface area contributed by atoms with Gasteiger partial charge in [-0.15, -0.1) is 0 Å². The molecule has 0 spiro atoms. The van der Waals surface area contributed by atoms with Gasteiger partial charge in [0.2, 0.25) is 0 Å². The number of rotatable bonds is 5. The van der Waals surface area contributed by atoms with Crippen LogP contribution < -0.4 is 10.2 Å². The lowest BCUT2D eigenvalue weighted by Crippen LogP contribution is -2.42. The van der Waals surface area contributed by atoms with Gasteiger partial charge in [-0.25, -0.2) is 0 Å². The van der Waals surface area contributed by atoms with Crippen LogP contribution in [0, 0.1) is 0 Å². The van der Waals surface area contributed by atoms with Gasteiger partial charge < -0.3 is 15.0 Å². The molecule has 2 heterocycles. The van der Waals surface area contributed by atoms with Crippen LogP contribution in [0.1, 0.15) is 31.7 Å². The molecule has 2 atom stereocenters. The lowest BCUT2D eigenvalue weighted by Gasteiger charge is -2.33. The molecule has 0 aliphatic carbocycles. The number of hydrogen-bond acceptors (Lipinski definition) is 3. The molecule has 19 heavy (non-hydrogen) atoms. The maximum atomic E-state index is 5.89. The Morgan fingerprint density at radius 2 is 1.84 bits per heavy atom. The Labute approximate surface area is 115 Å². The molecule has 1 aromatic rings. The molecular formula is C16H24N2O. The van der Waals surface area contributed by atoms with Gasteiger partial charge >= 0.3 is 0 Å². The molecule has 3 heteroatoms. The van der Waals surface area contributed by atoms with Crippen molar-refractivity contribution in [3.8, 4) is 0 Å². The number of nitrogens with one attached hydrogen (secondary N) is 1. The lowest BCUT2D eigenvalue weighted by molar-refractivity contribution is 0.0305. The van der Waals surface area contributed by atoms with Crippen LogP contribution >= 0.6 is 0 Å². The Kier molecular flexibility index (Phi) is 4.04. The highest BCUT2D eigenvalue weighted by atomic mass is 16.5. The van der Waals surface area contributed by atoms with Gasteiger partial charge in [0.1, 0.15) is 0 Å². The maximum Gasteiger partial charge on any atom is 0.0755 e. The Morgan fingerprint density at radius 1 is 1.16 bits per heavy atom. The second-order valence-corrected chi connectivity index (χ2v) is 5.71. The molecule has 2 fully saturated rings. The third kappa shape index (κ3) is 3.10. The number of morpholine rings is 1. The normalized spacial score (nSPS) is 25.8. The molecule has 0 aromatic heterocycles. The largest absolute Gasteiger partial charge is 0.371 e. The second kappa shape index (κ2) is 5.93. The summed E-state index contributed by atoms with van der Waals surface area (Å²) in [6.07, 6.45) is 4.59. The quantitative estimate of drug-likeness (QED) is 0.823. The highest BCUT2D eigenvalue weighted by Gasteiger charge is 2.33. The number of anilines is 1. The third-order valence-electron chi connectivity index (χ3n) is 4.10. The number of fused-ring (bicyclic) bond motifs is 2. The van der Waals surface area contributed by atoms with Gasteiger partial charge in [-0.3, -0.25) is 0 Å². The first-order valence-electron chi connectivity index (χ1n) is 7.55. The predicted molar refractivity (Wildman–Crippen MR) is 78.5 cm³/mol. The molecule has 2 saturated heterocycles. The van der Waals surface area contributed by atoms with Gasteiger partial charge in [0.15, 0.2) is 0 Å². The van der Waals surface area contributed by atoms with Crippen molar-refractivity contribution in [2.75, 3.05) is 24.5 Å². The first kappa shape index (κ1) is 12.9. The zero-order valence-corrected chi connectivity index (χ0v) is 11.8. The second-order valence-electron chi connectivity index (χ2n) is 5.71. The predicted octanol–water partition coefficient (Wildman–Crippen LogP) is 2.55. The minimum Gasteiger partial charge on any atom is -0.371 e. The standard InChI is InChI=1S/C16H24N2O/c1-2-9-17-10-13-3-5-14(6-4-13)18-11-15-7-8-16(12-18)19-15/h3-6,15-17H,2,7-12H2,1H3. The average Bonchev–Trinajstić information content (AvgIpc) is 2.78. The zero-order valence-electron chi connectivity index (χ0n) is 11.8. The molecule has 2 bridgehead atoms. The van der Waals surface area contributed by atoms with E-state index in [1.165, 1.54) is 30.5 Å². The Bertz CT molecular complexity index is 392. The number of benzene rings is 1. The minimum absolute atomic E-state index is 0.463. The first-order valence-corrected chi connectivity index (χ1v) is 7.55. The Balaban J connectivity index is 1.59. The fraction of sp³-hybridized carbons (Fsp3) is 0.625. The van der Waals surface area contributed by atoms with Crippen molar-refractivity contribution in [3.05, 3.63) is 29.8 Å². The smallest absolute Gasteiger partial charge is 0.0755 e. The SMILES string of the molecule is CCCNCc1ccc(N2CC3CCC(C2)O3)cc1. The van der Waals surface area contributed by atoms with E-state index < -0.39 is 0 Å². The van der Waals surface area contributed by atoms with Gasteiger partial charge in [-0.2, -0.15) is 0 Å². The summed E-state index contributed by atoms with van der Waals surface area (Å²) in [7, 11) is 0. The van der Waals surface area contributed by atoms with Crippen molar-refractivity contribution in [2.24, 2.45) is 0 Å². The topological polar surface area (TPSA) is 24.5 Å². The maximum absolute atomic E-state index is 5.89. The van der Waals surface area contributed by atoms with Gasteiger partial charge in [-0.05, 0) is 43.5 Å². The van der Waals surface area contributed by atoms with Crippen LogP contribution in [-0.4, -0.2) is 31.8 Å². The molecule has 2 unspecified atom stereocenters. The van der Waals surface area contributed by atoms with Crippen molar-refractivity contribution in [3.63, 3.8) is 0 Å². The number of ether oxygens (including phenoxy) is 1. The van der Waals surface area contributed by atoms with Crippen LogP contribution in [0.4, 0.5) is 5.69 Å². The van der Waals surface area contributed by atoms with Crippen LogP contribution in [0.3, 0.4) is 0 Å². The fourth-order valence-corrected chi connectivity index (χ4v) is 3.06. The summed E-state index contributed by atoms with van der Waals surface area (Å²) in [6, 6.07) is 9.01. The molecule has 2 aliphatic rings. The van der Waals surface area contributed by atoms with Gasteiger partial charge in [0.05, 0.1) is 12.2 Å². The molecule has 0 radical (unpaired) electrons. The fourth-order valence-electron chi connectivity index (χ4n) is 3.06. The van der Waals surface area contributed by atoms with Crippen LogP contribution in [0.5, 0.6) is 0 Å². The molecule has 3 nitrogen and oxygen atoms in total. The third-order valence-corrected chi connectivity index (χ3v) is 4.10. The van der Waals surface area contributed by atoms with Crippen molar-refractivity contribution < 1.29 is 4.74 Å². The van der Waals surface area contributed by atoms with Gasteiger partial charge in [0, 0.05) is 25.3 Å². The van der Waals surface area contributed by atoms with E-state index in [-0.39, 0.29) is 0 Å². The highest BCUT2D eigenvalue weighted by Crippen LogP contribution is 2.29. The summed E-state index contributed by atoms with van der Waals surface area (Å²) in [4.78, 5) is 2.48. The molecule has 1 aromatic carbocycles. The van der Waals surface area contributed by atoms with Crippen molar-refractivity contribution in [1.82, 2.24) is 5.32 Å². The summed E-state index contributed by atoms with van der Waals surface area (Å²) in [6.45, 7) is 6.38. The average molecular weight is 260 g/mol. The van der Waals surface area contributed by atoms with Crippen LogP contribution in [-0.2, 0) is 11.3 Å². The van der Waals surface area contributed by atoms with E-state index in [1.54, 1.807) is 0 Å². The van der Waals surface area contributed by atoms with Crippen LogP contribution in [0.25, 0.3) is 0 Å². The first-order chi connectivity index (χ1) is 9.35. The van der Waals surface area contributed by atoms with Crippen molar-refractivity contribution >= 4 is 5.69 Å². The molecular weight excluding hydrogens is 236 g/mol. The highest BCUT2D eigenvalue weighted by molar-refractivity contribution is 5.48. The monoisotopic (exact) mass is 260 g/mol. The van der Waals surface area contributed by atoms with E-state index in [1.807, 2.05) is 0 Å². The molecule has 1 N–H and O–H groups in total. The number of nitrogens with zero attached hydrogens (tertiary/aromatic N) is 1. The van der Waals surface area contributed by atoms with Crippen LogP contribution in [0.2, 0.25) is 0 Å². The summed E-state index contributed by atoms with van der Waals surface area (Å²) in [5, 5.41) is 3.44. The molecule has 2 aliphatic heterocycles. The minimum atomic E-state index is 0.463. The summed E-state index contributed by atoms with van der Waals surface area (Å²) in [5.74, 6) is 0. The summed E-state index contributed by atoms with van der Waals surface area (Å²) in [5.41, 5.74) is 2.72. The summed E-state index contributed by atoms with van der Waals surface area (Å²) >= 11 is 0. The summed E-state index contributed by atoms with van der Waals surface area (Å²) < 4.78 is 5.89. The van der Waals surface area contributed by atoms with Crippen LogP contribution in [0.15, 0.2) is 24.3 Å². The molecule has 3 rings (SSSR count). The molecule has 0 saturated carbocycles. The van der Waals surface area contributed by atoms with E-state index in [0.29, 0.717) is 12.2 Å². The van der Waals surface area contributed by atoms with E-state index in [2.05, 4.69) is 41.4 Å².